The SMILES string of the molecule is Nc1ccc(C(=O)O)nc1NCCOC1CCCCC1. The molecule has 0 aromatic carbocycles. The van der Waals surface area contributed by atoms with E-state index in [0.717, 1.165) is 12.8 Å². The van der Waals surface area contributed by atoms with Crippen LogP contribution >= 0.6 is 0 Å². The molecule has 0 spiro atoms. The number of rotatable bonds is 6. The van der Waals surface area contributed by atoms with Crippen LogP contribution in [0.4, 0.5) is 11.5 Å². The van der Waals surface area contributed by atoms with E-state index in [9.17, 15) is 4.79 Å². The first-order valence-electron chi connectivity index (χ1n) is 7.02. The van der Waals surface area contributed by atoms with Gasteiger partial charge in [-0.15, -0.1) is 0 Å². The van der Waals surface area contributed by atoms with Crippen molar-refractivity contribution in [3.63, 3.8) is 0 Å². The van der Waals surface area contributed by atoms with Crippen molar-refractivity contribution < 1.29 is 14.6 Å². The van der Waals surface area contributed by atoms with Crippen LogP contribution in [0.15, 0.2) is 12.1 Å². The lowest BCUT2D eigenvalue weighted by Crippen LogP contribution is -2.21. The molecule has 0 aliphatic heterocycles. The number of carboxylic acids is 1. The number of aromatic nitrogens is 1. The zero-order valence-corrected chi connectivity index (χ0v) is 11.5. The first-order valence-corrected chi connectivity index (χ1v) is 7.02. The lowest BCUT2D eigenvalue weighted by atomic mass is 9.98. The van der Waals surface area contributed by atoms with Gasteiger partial charge in [-0.2, -0.15) is 0 Å². The summed E-state index contributed by atoms with van der Waals surface area (Å²) in [7, 11) is 0. The molecule has 1 aliphatic carbocycles. The highest BCUT2D eigenvalue weighted by molar-refractivity contribution is 5.86. The van der Waals surface area contributed by atoms with Gasteiger partial charge in [0.25, 0.3) is 0 Å². The van der Waals surface area contributed by atoms with Crippen molar-refractivity contribution in [3.05, 3.63) is 17.8 Å². The Labute approximate surface area is 118 Å². The molecule has 1 aromatic heterocycles. The Kier molecular flexibility index (Phi) is 5.17. The molecule has 0 bridgehead atoms. The molecule has 1 aromatic rings. The van der Waals surface area contributed by atoms with Crippen molar-refractivity contribution in [2.24, 2.45) is 0 Å². The number of nitrogens with two attached hydrogens (primary N) is 1. The summed E-state index contributed by atoms with van der Waals surface area (Å²) >= 11 is 0. The highest BCUT2D eigenvalue weighted by atomic mass is 16.5. The Balaban J connectivity index is 1.78. The predicted molar refractivity (Wildman–Crippen MR) is 76.9 cm³/mol. The van der Waals surface area contributed by atoms with Gasteiger partial charge in [0.1, 0.15) is 5.82 Å². The number of pyridine rings is 1. The van der Waals surface area contributed by atoms with Gasteiger partial charge in [0, 0.05) is 6.54 Å². The van der Waals surface area contributed by atoms with Crippen LogP contribution in [0.2, 0.25) is 0 Å². The summed E-state index contributed by atoms with van der Waals surface area (Å²) in [6.07, 6.45) is 6.42. The number of carbonyl (C=O) groups is 1. The van der Waals surface area contributed by atoms with Crippen molar-refractivity contribution >= 4 is 17.5 Å². The molecule has 0 unspecified atom stereocenters. The zero-order chi connectivity index (χ0) is 14.4. The second-order valence-corrected chi connectivity index (χ2v) is 5.00. The largest absolute Gasteiger partial charge is 0.477 e. The van der Waals surface area contributed by atoms with Crippen molar-refractivity contribution in [3.8, 4) is 0 Å². The summed E-state index contributed by atoms with van der Waals surface area (Å²) in [5, 5.41) is 11.9. The molecule has 0 atom stereocenters. The van der Waals surface area contributed by atoms with Crippen LogP contribution in [0.5, 0.6) is 0 Å². The molecule has 0 radical (unpaired) electrons. The standard InChI is InChI=1S/C14H21N3O3/c15-11-6-7-12(14(18)19)17-13(11)16-8-9-20-10-4-2-1-3-5-10/h6-7,10H,1-5,8-9,15H2,(H,16,17)(H,18,19). The molecule has 110 valence electrons. The fourth-order valence-corrected chi connectivity index (χ4v) is 2.36. The quantitative estimate of drug-likeness (QED) is 0.690. The fraction of sp³-hybridized carbons (Fsp3) is 0.571. The van der Waals surface area contributed by atoms with E-state index < -0.39 is 5.97 Å². The Hall–Kier alpha value is -1.82. The first-order chi connectivity index (χ1) is 9.66. The molecule has 1 saturated carbocycles. The van der Waals surface area contributed by atoms with Crippen LogP contribution in [-0.2, 0) is 4.74 Å². The summed E-state index contributed by atoms with van der Waals surface area (Å²) < 4.78 is 5.77. The number of nitrogens with zero attached hydrogens (tertiary/aromatic N) is 1. The van der Waals surface area contributed by atoms with Gasteiger partial charge < -0.3 is 20.9 Å². The smallest absolute Gasteiger partial charge is 0.354 e. The molecule has 0 amide bonds. The first kappa shape index (κ1) is 14.6. The maximum absolute atomic E-state index is 10.8. The second-order valence-electron chi connectivity index (χ2n) is 5.00. The molecule has 1 aliphatic rings. The summed E-state index contributed by atoms with van der Waals surface area (Å²) in [4.78, 5) is 14.8. The van der Waals surface area contributed by atoms with Gasteiger partial charge in [-0.3, -0.25) is 0 Å². The maximum atomic E-state index is 10.8. The Morgan fingerprint density at radius 2 is 2.15 bits per heavy atom. The molecule has 2 rings (SSSR count). The van der Waals surface area contributed by atoms with Crippen LogP contribution in [0.1, 0.15) is 42.6 Å². The zero-order valence-electron chi connectivity index (χ0n) is 11.5. The molecule has 0 saturated heterocycles. The lowest BCUT2D eigenvalue weighted by molar-refractivity contribution is 0.0347. The minimum Gasteiger partial charge on any atom is -0.477 e. The number of anilines is 2. The van der Waals surface area contributed by atoms with E-state index >= 15 is 0 Å². The van der Waals surface area contributed by atoms with Gasteiger partial charge in [0.05, 0.1) is 18.4 Å². The topological polar surface area (TPSA) is 97.5 Å². The summed E-state index contributed by atoms with van der Waals surface area (Å²) in [6.45, 7) is 1.14. The van der Waals surface area contributed by atoms with Crippen molar-refractivity contribution in [1.29, 1.82) is 0 Å². The highest BCUT2D eigenvalue weighted by Crippen LogP contribution is 2.20. The molecule has 20 heavy (non-hydrogen) atoms. The molecular weight excluding hydrogens is 258 g/mol. The van der Waals surface area contributed by atoms with Crippen molar-refractivity contribution in [2.45, 2.75) is 38.2 Å². The average Bonchev–Trinajstić information content (AvgIpc) is 2.46. The molecule has 1 heterocycles. The second kappa shape index (κ2) is 7.09. The van der Waals surface area contributed by atoms with E-state index in [1.807, 2.05) is 0 Å². The van der Waals surface area contributed by atoms with E-state index in [2.05, 4.69) is 10.3 Å². The number of ether oxygens (including phenoxy) is 1. The maximum Gasteiger partial charge on any atom is 0.354 e. The summed E-state index contributed by atoms with van der Waals surface area (Å²) in [6, 6.07) is 2.93. The van der Waals surface area contributed by atoms with Gasteiger partial charge in [-0.05, 0) is 25.0 Å². The van der Waals surface area contributed by atoms with Gasteiger partial charge in [-0.25, -0.2) is 9.78 Å². The number of nitrogen functional groups attached to an aromatic ring is 1. The van der Waals surface area contributed by atoms with Gasteiger partial charge >= 0.3 is 5.97 Å². The third-order valence-corrected chi connectivity index (χ3v) is 3.45. The highest BCUT2D eigenvalue weighted by Gasteiger charge is 2.13. The number of hydrogen-bond acceptors (Lipinski definition) is 5. The van der Waals surface area contributed by atoms with Crippen LogP contribution in [0.3, 0.4) is 0 Å². The number of aromatic carboxylic acids is 1. The van der Waals surface area contributed by atoms with Crippen LogP contribution < -0.4 is 11.1 Å². The fourth-order valence-electron chi connectivity index (χ4n) is 2.36. The Morgan fingerprint density at radius 3 is 2.85 bits per heavy atom. The number of carboxylic acid groups (broad SMARTS) is 1. The van der Waals surface area contributed by atoms with E-state index in [0.29, 0.717) is 30.8 Å². The Morgan fingerprint density at radius 1 is 1.40 bits per heavy atom. The minimum absolute atomic E-state index is 0.0186. The predicted octanol–water partition coefficient (Wildman–Crippen LogP) is 2.12. The van der Waals surface area contributed by atoms with Gasteiger partial charge in [-0.1, -0.05) is 19.3 Å². The molecule has 1 fully saturated rings. The van der Waals surface area contributed by atoms with Gasteiger partial charge in [0.2, 0.25) is 0 Å². The Bertz CT molecular complexity index is 459. The number of hydrogen-bond donors (Lipinski definition) is 3. The third-order valence-electron chi connectivity index (χ3n) is 3.45. The van der Waals surface area contributed by atoms with E-state index in [4.69, 9.17) is 15.6 Å². The van der Waals surface area contributed by atoms with Crippen molar-refractivity contribution in [1.82, 2.24) is 4.98 Å². The molecule has 4 N–H and O–H groups in total. The van der Waals surface area contributed by atoms with E-state index in [1.165, 1.54) is 25.3 Å². The summed E-state index contributed by atoms with van der Waals surface area (Å²) in [5.74, 6) is -0.663. The van der Waals surface area contributed by atoms with Gasteiger partial charge in [0.15, 0.2) is 5.69 Å². The van der Waals surface area contributed by atoms with Crippen LogP contribution in [0.25, 0.3) is 0 Å². The molecule has 6 heteroatoms. The average molecular weight is 279 g/mol. The lowest BCUT2D eigenvalue weighted by Gasteiger charge is -2.22. The molecule has 6 nitrogen and oxygen atoms in total. The van der Waals surface area contributed by atoms with E-state index in [-0.39, 0.29) is 5.69 Å². The third kappa shape index (κ3) is 4.09. The van der Waals surface area contributed by atoms with Crippen LogP contribution in [-0.4, -0.2) is 35.3 Å². The van der Waals surface area contributed by atoms with Crippen molar-refractivity contribution in [2.75, 3.05) is 24.2 Å². The summed E-state index contributed by atoms with van der Waals surface area (Å²) in [5.41, 5.74) is 6.17. The number of nitrogens with one attached hydrogen (secondary N) is 1. The normalized spacial score (nSPS) is 16.0. The minimum atomic E-state index is -1.06. The van der Waals surface area contributed by atoms with E-state index in [1.54, 1.807) is 6.07 Å². The van der Waals surface area contributed by atoms with Crippen LogP contribution in [0, 0.1) is 0 Å². The molecular formula is C14H21N3O3. The monoisotopic (exact) mass is 279 g/mol.